The molecular formula is C12H17BrN2. The fraction of sp³-hybridized carbons (Fsp3) is 0.500. The maximum atomic E-state index is 5.82. The number of nitrogens with one attached hydrogen (secondary N) is 1. The number of hydrogen-bond donors (Lipinski definition) is 2. The fourth-order valence-corrected chi connectivity index (χ4v) is 2.33. The predicted molar refractivity (Wildman–Crippen MR) is 67.0 cm³/mol. The lowest BCUT2D eigenvalue weighted by molar-refractivity contribution is 0.584. The fourth-order valence-electron chi connectivity index (χ4n) is 1.72. The second kappa shape index (κ2) is 5.10. The molecule has 2 nitrogen and oxygen atoms in total. The van der Waals surface area contributed by atoms with E-state index < -0.39 is 0 Å². The summed E-state index contributed by atoms with van der Waals surface area (Å²) in [5.74, 6) is 0.418. The average Bonchev–Trinajstić information content (AvgIpc) is 3.05. The number of benzene rings is 1. The molecule has 1 aliphatic rings. The van der Waals surface area contributed by atoms with Crippen LogP contribution < -0.4 is 11.1 Å². The van der Waals surface area contributed by atoms with Crippen molar-refractivity contribution in [2.24, 2.45) is 5.73 Å². The summed E-state index contributed by atoms with van der Waals surface area (Å²) >= 11 is 3.58. The van der Waals surface area contributed by atoms with Crippen LogP contribution in [0.2, 0.25) is 0 Å². The first-order valence-corrected chi connectivity index (χ1v) is 6.28. The highest BCUT2D eigenvalue weighted by Gasteiger charge is 2.22. The van der Waals surface area contributed by atoms with Gasteiger partial charge in [-0.1, -0.05) is 34.1 Å². The van der Waals surface area contributed by atoms with Crippen LogP contribution in [0.15, 0.2) is 28.7 Å². The molecule has 1 fully saturated rings. The van der Waals surface area contributed by atoms with E-state index in [9.17, 15) is 0 Å². The Bertz CT molecular complexity index is 323. The molecule has 3 heteroatoms. The molecule has 1 aromatic carbocycles. The zero-order valence-electron chi connectivity index (χ0n) is 8.75. The lowest BCUT2D eigenvalue weighted by Gasteiger charge is -2.17. The summed E-state index contributed by atoms with van der Waals surface area (Å²) in [6.45, 7) is 1.69. The third-order valence-electron chi connectivity index (χ3n) is 2.86. The first-order chi connectivity index (χ1) is 7.31. The molecule has 0 aliphatic heterocycles. The molecule has 2 rings (SSSR count). The van der Waals surface area contributed by atoms with E-state index in [1.54, 1.807) is 0 Å². The number of halogens is 1. The summed E-state index contributed by atoms with van der Waals surface area (Å²) in [6.07, 6.45) is 2.65. The summed E-state index contributed by atoms with van der Waals surface area (Å²) in [5, 5.41) is 3.53. The molecule has 1 unspecified atom stereocenters. The van der Waals surface area contributed by atoms with Gasteiger partial charge in [0.1, 0.15) is 0 Å². The highest BCUT2D eigenvalue weighted by molar-refractivity contribution is 9.10. The second-order valence-electron chi connectivity index (χ2n) is 4.14. The van der Waals surface area contributed by atoms with Crippen molar-refractivity contribution in [2.45, 2.75) is 24.8 Å². The zero-order valence-corrected chi connectivity index (χ0v) is 10.3. The van der Waals surface area contributed by atoms with Crippen LogP contribution in [0.3, 0.4) is 0 Å². The normalized spacial score (nSPS) is 17.7. The van der Waals surface area contributed by atoms with E-state index in [0.717, 1.165) is 17.1 Å². The molecule has 0 spiro atoms. The second-order valence-corrected chi connectivity index (χ2v) is 4.99. The van der Waals surface area contributed by atoms with Gasteiger partial charge in [-0.05, 0) is 24.5 Å². The summed E-state index contributed by atoms with van der Waals surface area (Å²) in [6, 6.07) is 9.09. The van der Waals surface area contributed by atoms with E-state index in [2.05, 4.69) is 39.4 Å². The Morgan fingerprint density at radius 3 is 2.73 bits per heavy atom. The highest BCUT2D eigenvalue weighted by Crippen LogP contribution is 2.25. The number of rotatable bonds is 5. The first kappa shape index (κ1) is 11.1. The maximum Gasteiger partial charge on any atom is 0.0211 e. The van der Waals surface area contributed by atoms with Crippen LogP contribution in [-0.4, -0.2) is 19.1 Å². The summed E-state index contributed by atoms with van der Waals surface area (Å²) in [7, 11) is 0. The predicted octanol–water partition coefficient (Wildman–Crippen LogP) is 2.24. The van der Waals surface area contributed by atoms with Gasteiger partial charge in [-0.3, -0.25) is 0 Å². The van der Waals surface area contributed by atoms with Gasteiger partial charge >= 0.3 is 0 Å². The van der Waals surface area contributed by atoms with Gasteiger partial charge in [0, 0.05) is 29.5 Å². The molecule has 3 N–H and O–H groups in total. The van der Waals surface area contributed by atoms with Crippen molar-refractivity contribution in [2.75, 3.05) is 13.1 Å². The molecule has 0 aromatic heterocycles. The molecule has 0 radical (unpaired) electrons. The van der Waals surface area contributed by atoms with Crippen molar-refractivity contribution in [3.8, 4) is 0 Å². The minimum absolute atomic E-state index is 0.418. The van der Waals surface area contributed by atoms with Crippen molar-refractivity contribution in [1.82, 2.24) is 5.32 Å². The zero-order chi connectivity index (χ0) is 10.7. The van der Waals surface area contributed by atoms with E-state index in [1.165, 1.54) is 18.4 Å². The van der Waals surface area contributed by atoms with Crippen molar-refractivity contribution >= 4 is 15.9 Å². The molecule has 1 saturated carbocycles. The van der Waals surface area contributed by atoms with Crippen LogP contribution in [0.25, 0.3) is 0 Å². The van der Waals surface area contributed by atoms with Gasteiger partial charge in [0.05, 0.1) is 0 Å². The molecule has 0 bridgehead atoms. The molecule has 15 heavy (non-hydrogen) atoms. The molecule has 0 heterocycles. The van der Waals surface area contributed by atoms with Gasteiger partial charge in [-0.15, -0.1) is 0 Å². The number of nitrogens with two attached hydrogens (primary N) is 1. The SMILES string of the molecule is NCC(CNC1CC1)c1ccccc1Br. The van der Waals surface area contributed by atoms with Gasteiger partial charge in [-0.25, -0.2) is 0 Å². The molecule has 82 valence electrons. The van der Waals surface area contributed by atoms with Crippen molar-refractivity contribution in [3.63, 3.8) is 0 Å². The Morgan fingerprint density at radius 1 is 1.40 bits per heavy atom. The standard InChI is InChI=1S/C12H17BrN2/c13-12-4-2-1-3-11(12)9(7-14)8-15-10-5-6-10/h1-4,9-10,15H,5-8,14H2. The van der Waals surface area contributed by atoms with E-state index in [4.69, 9.17) is 5.73 Å². The highest BCUT2D eigenvalue weighted by atomic mass is 79.9. The summed E-state index contributed by atoms with van der Waals surface area (Å²) in [5.41, 5.74) is 7.13. The average molecular weight is 269 g/mol. The topological polar surface area (TPSA) is 38.0 Å². The maximum absolute atomic E-state index is 5.82. The van der Waals surface area contributed by atoms with Gasteiger partial charge in [0.25, 0.3) is 0 Å². The van der Waals surface area contributed by atoms with Crippen LogP contribution in [0.4, 0.5) is 0 Å². The Morgan fingerprint density at radius 2 is 2.13 bits per heavy atom. The van der Waals surface area contributed by atoms with Crippen LogP contribution >= 0.6 is 15.9 Å². The molecule has 0 saturated heterocycles. The Hall–Kier alpha value is -0.380. The molecule has 1 aromatic rings. The molecule has 1 atom stereocenters. The Kier molecular flexibility index (Phi) is 3.78. The minimum atomic E-state index is 0.418. The molecular weight excluding hydrogens is 252 g/mol. The van der Waals surface area contributed by atoms with Gasteiger partial charge in [0.15, 0.2) is 0 Å². The minimum Gasteiger partial charge on any atom is -0.330 e. The largest absolute Gasteiger partial charge is 0.330 e. The van der Waals surface area contributed by atoms with Crippen molar-refractivity contribution in [3.05, 3.63) is 34.3 Å². The van der Waals surface area contributed by atoms with Crippen molar-refractivity contribution in [1.29, 1.82) is 0 Å². The monoisotopic (exact) mass is 268 g/mol. The van der Waals surface area contributed by atoms with E-state index in [0.29, 0.717) is 12.5 Å². The van der Waals surface area contributed by atoms with Gasteiger partial charge in [0.2, 0.25) is 0 Å². The number of hydrogen-bond acceptors (Lipinski definition) is 2. The van der Waals surface area contributed by atoms with E-state index in [1.807, 2.05) is 6.07 Å². The smallest absolute Gasteiger partial charge is 0.0211 e. The van der Waals surface area contributed by atoms with Gasteiger partial charge in [-0.2, -0.15) is 0 Å². The van der Waals surface area contributed by atoms with Crippen LogP contribution in [0.5, 0.6) is 0 Å². The lowest BCUT2D eigenvalue weighted by atomic mass is 9.99. The third-order valence-corrected chi connectivity index (χ3v) is 3.58. The van der Waals surface area contributed by atoms with Crippen molar-refractivity contribution < 1.29 is 0 Å². The van der Waals surface area contributed by atoms with Gasteiger partial charge < -0.3 is 11.1 Å². The van der Waals surface area contributed by atoms with E-state index >= 15 is 0 Å². The first-order valence-electron chi connectivity index (χ1n) is 5.49. The van der Waals surface area contributed by atoms with E-state index in [-0.39, 0.29) is 0 Å². The quantitative estimate of drug-likeness (QED) is 0.860. The summed E-state index contributed by atoms with van der Waals surface area (Å²) in [4.78, 5) is 0. The van der Waals surface area contributed by atoms with Crippen LogP contribution in [0, 0.1) is 0 Å². The Labute approximate surface area is 99.4 Å². The molecule has 1 aliphatic carbocycles. The third kappa shape index (κ3) is 3.03. The molecule has 0 amide bonds. The van der Waals surface area contributed by atoms with Crippen LogP contribution in [0.1, 0.15) is 24.3 Å². The van der Waals surface area contributed by atoms with Crippen LogP contribution in [-0.2, 0) is 0 Å². The Balaban J connectivity index is 2.00. The summed E-state index contributed by atoms with van der Waals surface area (Å²) < 4.78 is 1.16. The lowest BCUT2D eigenvalue weighted by Crippen LogP contribution is -2.28.